The number of carbonyl (C=O) groups excluding carboxylic acids is 2. The highest BCUT2D eigenvalue weighted by Crippen LogP contribution is 2.28. The first-order chi connectivity index (χ1) is 15.0. The van der Waals surface area contributed by atoms with Crippen molar-refractivity contribution in [2.75, 3.05) is 13.1 Å². The first-order valence-corrected chi connectivity index (χ1v) is 10.5. The van der Waals surface area contributed by atoms with E-state index in [4.69, 9.17) is 4.74 Å². The van der Waals surface area contributed by atoms with E-state index in [1.165, 1.54) is 6.92 Å². The van der Waals surface area contributed by atoms with E-state index >= 15 is 0 Å². The fourth-order valence-electron chi connectivity index (χ4n) is 3.75. The van der Waals surface area contributed by atoms with E-state index in [9.17, 15) is 9.59 Å². The van der Waals surface area contributed by atoms with Crippen LogP contribution in [0.15, 0.2) is 60.7 Å². The maximum atomic E-state index is 12.9. The number of rotatable bonds is 5. The number of ketones is 1. The number of piperidine rings is 1. The molecule has 0 radical (unpaired) electrons. The Kier molecular flexibility index (Phi) is 6.07. The fourth-order valence-corrected chi connectivity index (χ4v) is 3.75. The van der Waals surface area contributed by atoms with Gasteiger partial charge in [0.15, 0.2) is 5.78 Å². The number of aryl methyl sites for hydroxylation is 1. The van der Waals surface area contributed by atoms with Crippen LogP contribution in [-0.4, -0.2) is 39.9 Å². The molecule has 4 rings (SSSR count). The van der Waals surface area contributed by atoms with Crippen LogP contribution in [0.1, 0.15) is 57.8 Å². The van der Waals surface area contributed by atoms with Crippen LogP contribution < -0.4 is 4.74 Å². The average molecular weight is 415 g/mol. The Bertz CT molecular complexity index is 1050. The van der Waals surface area contributed by atoms with Crippen LogP contribution in [-0.2, 0) is 0 Å². The van der Waals surface area contributed by atoms with Crippen molar-refractivity contribution in [2.24, 2.45) is 0 Å². The molecule has 31 heavy (non-hydrogen) atoms. The molecule has 0 spiro atoms. The third-order valence-corrected chi connectivity index (χ3v) is 5.62. The Hall–Kier alpha value is -3.54. The standard InChI is InChI=1S/C25H25N3O3/c1-17-3-12-24(27-26-17)20-13-15-28(16-14-20)25(30)21-6-10-23(11-7-21)31-22-8-4-19(5-9-22)18(2)29/h3-12,20H,13-16H2,1-2H3. The van der Waals surface area contributed by atoms with Crippen molar-refractivity contribution < 1.29 is 14.3 Å². The van der Waals surface area contributed by atoms with Crippen LogP contribution in [0.25, 0.3) is 0 Å². The average Bonchev–Trinajstić information content (AvgIpc) is 2.80. The van der Waals surface area contributed by atoms with Crippen LogP contribution in [0, 0.1) is 6.92 Å². The molecule has 6 nitrogen and oxygen atoms in total. The van der Waals surface area contributed by atoms with Gasteiger partial charge < -0.3 is 9.64 Å². The number of hydrogen-bond donors (Lipinski definition) is 0. The summed E-state index contributed by atoms with van der Waals surface area (Å²) in [5, 5.41) is 8.45. The number of carbonyl (C=O) groups is 2. The van der Waals surface area contributed by atoms with Crippen molar-refractivity contribution in [3.05, 3.63) is 83.2 Å². The molecule has 3 aromatic rings. The predicted octanol–water partition coefficient (Wildman–Crippen LogP) is 4.80. The topological polar surface area (TPSA) is 72.4 Å². The Morgan fingerprint density at radius 2 is 1.42 bits per heavy atom. The molecule has 1 aliphatic rings. The lowest BCUT2D eigenvalue weighted by Gasteiger charge is -2.31. The summed E-state index contributed by atoms with van der Waals surface area (Å²) in [6, 6.07) is 18.2. The molecule has 0 bridgehead atoms. The molecule has 6 heteroatoms. The molecule has 1 aromatic heterocycles. The zero-order valence-electron chi connectivity index (χ0n) is 17.7. The lowest BCUT2D eigenvalue weighted by Crippen LogP contribution is -2.38. The summed E-state index contributed by atoms with van der Waals surface area (Å²) in [5.74, 6) is 1.69. The summed E-state index contributed by atoms with van der Waals surface area (Å²) in [6.45, 7) is 4.88. The van der Waals surface area contributed by atoms with Gasteiger partial charge in [-0.05, 0) is 87.4 Å². The van der Waals surface area contributed by atoms with Gasteiger partial charge in [0.25, 0.3) is 5.91 Å². The lowest BCUT2D eigenvalue weighted by atomic mass is 9.93. The van der Waals surface area contributed by atoms with E-state index in [1.807, 2.05) is 24.0 Å². The third-order valence-electron chi connectivity index (χ3n) is 5.62. The van der Waals surface area contributed by atoms with Crippen LogP contribution >= 0.6 is 0 Å². The van der Waals surface area contributed by atoms with Gasteiger partial charge >= 0.3 is 0 Å². The van der Waals surface area contributed by atoms with Crippen molar-refractivity contribution >= 4 is 11.7 Å². The molecule has 1 fully saturated rings. The maximum absolute atomic E-state index is 12.9. The summed E-state index contributed by atoms with van der Waals surface area (Å²) in [7, 11) is 0. The van der Waals surface area contributed by atoms with Gasteiger partial charge in [0.1, 0.15) is 11.5 Å². The second-order valence-electron chi connectivity index (χ2n) is 7.87. The Morgan fingerprint density at radius 1 is 0.839 bits per heavy atom. The lowest BCUT2D eigenvalue weighted by molar-refractivity contribution is 0.0711. The molecule has 0 aliphatic carbocycles. The minimum absolute atomic E-state index is 0.0187. The summed E-state index contributed by atoms with van der Waals surface area (Å²) in [4.78, 5) is 26.1. The van der Waals surface area contributed by atoms with Crippen LogP contribution in [0.5, 0.6) is 11.5 Å². The zero-order valence-corrected chi connectivity index (χ0v) is 17.7. The molecular formula is C25H25N3O3. The van der Waals surface area contributed by atoms with Gasteiger partial charge in [0, 0.05) is 30.1 Å². The molecule has 2 heterocycles. The predicted molar refractivity (Wildman–Crippen MR) is 118 cm³/mol. The Balaban J connectivity index is 1.34. The number of nitrogens with zero attached hydrogens (tertiary/aromatic N) is 3. The molecule has 0 saturated carbocycles. The van der Waals surface area contributed by atoms with Crippen molar-refractivity contribution in [3.8, 4) is 11.5 Å². The largest absolute Gasteiger partial charge is 0.457 e. The molecule has 0 N–H and O–H groups in total. The highest BCUT2D eigenvalue weighted by atomic mass is 16.5. The SMILES string of the molecule is CC(=O)c1ccc(Oc2ccc(C(=O)N3CCC(c4ccc(C)nn4)CC3)cc2)cc1. The molecule has 1 amide bonds. The molecular weight excluding hydrogens is 390 g/mol. The monoisotopic (exact) mass is 415 g/mol. The fraction of sp³-hybridized carbons (Fsp3) is 0.280. The molecule has 0 atom stereocenters. The molecule has 1 saturated heterocycles. The van der Waals surface area contributed by atoms with Gasteiger partial charge in [-0.25, -0.2) is 0 Å². The van der Waals surface area contributed by atoms with Crippen molar-refractivity contribution in [1.82, 2.24) is 15.1 Å². The van der Waals surface area contributed by atoms with Crippen molar-refractivity contribution in [1.29, 1.82) is 0 Å². The smallest absolute Gasteiger partial charge is 0.253 e. The summed E-state index contributed by atoms with van der Waals surface area (Å²) < 4.78 is 5.82. The van der Waals surface area contributed by atoms with Crippen LogP contribution in [0.2, 0.25) is 0 Å². The first kappa shape index (κ1) is 20.7. The van der Waals surface area contributed by atoms with Crippen LogP contribution in [0.4, 0.5) is 0 Å². The number of likely N-dealkylation sites (tertiary alicyclic amines) is 1. The van der Waals surface area contributed by atoms with Gasteiger partial charge in [-0.1, -0.05) is 0 Å². The summed E-state index contributed by atoms with van der Waals surface area (Å²) >= 11 is 0. The number of hydrogen-bond acceptors (Lipinski definition) is 5. The van der Waals surface area contributed by atoms with Crippen LogP contribution in [0.3, 0.4) is 0 Å². The maximum Gasteiger partial charge on any atom is 0.253 e. The molecule has 2 aromatic carbocycles. The second kappa shape index (κ2) is 9.08. The minimum Gasteiger partial charge on any atom is -0.457 e. The van der Waals surface area contributed by atoms with Gasteiger partial charge in [0.2, 0.25) is 0 Å². The van der Waals surface area contributed by atoms with Crippen molar-refractivity contribution in [3.63, 3.8) is 0 Å². The second-order valence-corrected chi connectivity index (χ2v) is 7.87. The number of benzene rings is 2. The van der Waals surface area contributed by atoms with E-state index in [0.717, 1.165) is 24.2 Å². The third kappa shape index (κ3) is 4.97. The summed E-state index contributed by atoms with van der Waals surface area (Å²) in [5.41, 5.74) is 3.21. The zero-order chi connectivity index (χ0) is 21.8. The van der Waals surface area contributed by atoms with Gasteiger partial charge in [-0.2, -0.15) is 10.2 Å². The normalized spacial score (nSPS) is 14.3. The van der Waals surface area contributed by atoms with Crippen molar-refractivity contribution in [2.45, 2.75) is 32.6 Å². The van der Waals surface area contributed by atoms with Gasteiger partial charge in [0.05, 0.1) is 11.4 Å². The van der Waals surface area contributed by atoms with Gasteiger partial charge in [-0.3, -0.25) is 9.59 Å². The van der Waals surface area contributed by atoms with E-state index in [1.54, 1.807) is 48.5 Å². The van der Waals surface area contributed by atoms with Gasteiger partial charge in [-0.15, -0.1) is 0 Å². The first-order valence-electron chi connectivity index (χ1n) is 10.5. The number of ether oxygens (including phenoxy) is 1. The molecule has 0 unspecified atom stereocenters. The van der Waals surface area contributed by atoms with E-state index in [-0.39, 0.29) is 11.7 Å². The quantitative estimate of drug-likeness (QED) is 0.560. The number of aromatic nitrogens is 2. The molecule has 158 valence electrons. The Morgan fingerprint density at radius 3 is 1.94 bits per heavy atom. The number of amides is 1. The summed E-state index contributed by atoms with van der Waals surface area (Å²) in [6.07, 6.45) is 1.78. The Labute approximate surface area is 181 Å². The van der Waals surface area contributed by atoms with E-state index in [2.05, 4.69) is 10.2 Å². The molecule has 1 aliphatic heterocycles. The number of Topliss-reactive ketones (excluding diaryl/α,β-unsaturated/α-hetero) is 1. The van der Waals surface area contributed by atoms with E-state index < -0.39 is 0 Å². The highest BCUT2D eigenvalue weighted by molar-refractivity contribution is 5.94. The van der Waals surface area contributed by atoms with E-state index in [0.29, 0.717) is 41.6 Å². The minimum atomic E-state index is 0.0187. The highest BCUT2D eigenvalue weighted by Gasteiger charge is 2.25.